The zero-order valence-corrected chi connectivity index (χ0v) is 15.5. The van der Waals surface area contributed by atoms with Crippen LogP contribution in [-0.4, -0.2) is 42.9 Å². The maximum absolute atomic E-state index is 13.1. The molecule has 1 aliphatic carbocycles. The minimum atomic E-state index is -3.56. The number of fused-ring (bicyclic) bond motifs is 2. The van der Waals surface area contributed by atoms with E-state index in [0.717, 1.165) is 36.9 Å². The van der Waals surface area contributed by atoms with Gasteiger partial charge in [-0.2, -0.15) is 4.31 Å². The van der Waals surface area contributed by atoms with E-state index in [-0.39, 0.29) is 16.3 Å². The maximum atomic E-state index is 13.1. The van der Waals surface area contributed by atoms with Crippen LogP contribution in [0.15, 0.2) is 35.4 Å². The van der Waals surface area contributed by atoms with Crippen molar-refractivity contribution in [1.29, 1.82) is 0 Å². The first-order chi connectivity index (χ1) is 12.4. The summed E-state index contributed by atoms with van der Waals surface area (Å²) < 4.78 is 33.0. The highest BCUT2D eigenvalue weighted by Crippen LogP contribution is 2.45. The minimum absolute atomic E-state index is 0.250. The normalized spacial score (nSPS) is 23.1. The van der Waals surface area contributed by atoms with Gasteiger partial charge in [0, 0.05) is 24.7 Å². The Kier molecular flexibility index (Phi) is 4.11. The van der Waals surface area contributed by atoms with Crippen LogP contribution in [0.2, 0.25) is 0 Å². The predicted molar refractivity (Wildman–Crippen MR) is 97.4 cm³/mol. The molecule has 1 aliphatic heterocycles. The first-order valence-electron chi connectivity index (χ1n) is 8.71. The molecule has 2 N–H and O–H groups in total. The molecule has 4 rings (SSSR count). The summed E-state index contributed by atoms with van der Waals surface area (Å²) in [5, 5.41) is 0. The monoisotopic (exact) mass is 374 g/mol. The molecule has 8 heteroatoms. The minimum Gasteiger partial charge on any atom is -0.497 e. The summed E-state index contributed by atoms with van der Waals surface area (Å²) in [4.78, 5) is 8.84. The first-order valence-corrected chi connectivity index (χ1v) is 10.1. The summed E-state index contributed by atoms with van der Waals surface area (Å²) in [6, 6.07) is 6.53. The smallest absolute Gasteiger partial charge is 0.243 e. The number of rotatable bonds is 3. The fourth-order valence-electron chi connectivity index (χ4n) is 4.14. The van der Waals surface area contributed by atoms with Gasteiger partial charge in [-0.15, -0.1) is 0 Å². The average Bonchev–Trinajstić information content (AvgIpc) is 2.99. The van der Waals surface area contributed by atoms with Crippen molar-refractivity contribution in [1.82, 2.24) is 14.3 Å². The molecule has 138 valence electrons. The summed E-state index contributed by atoms with van der Waals surface area (Å²) in [5.74, 6) is 0.885. The van der Waals surface area contributed by atoms with Gasteiger partial charge in [-0.25, -0.2) is 18.4 Å². The Morgan fingerprint density at radius 1 is 1.23 bits per heavy atom. The van der Waals surface area contributed by atoms with Gasteiger partial charge >= 0.3 is 0 Å². The molecule has 1 atom stereocenters. The van der Waals surface area contributed by atoms with E-state index in [4.69, 9.17) is 10.5 Å². The molecular weight excluding hydrogens is 352 g/mol. The molecule has 1 fully saturated rings. The molecule has 2 heterocycles. The topological polar surface area (TPSA) is 98.4 Å². The third-order valence-corrected chi connectivity index (χ3v) is 7.36. The quantitative estimate of drug-likeness (QED) is 0.879. The molecule has 2 aromatic rings. The molecule has 26 heavy (non-hydrogen) atoms. The molecule has 1 saturated heterocycles. The first kappa shape index (κ1) is 17.2. The second-order valence-corrected chi connectivity index (χ2v) is 8.94. The van der Waals surface area contributed by atoms with Crippen molar-refractivity contribution >= 4 is 16.0 Å². The Bertz CT molecular complexity index is 926. The molecule has 0 radical (unpaired) electrons. The summed E-state index contributed by atoms with van der Waals surface area (Å²) in [6.07, 6.45) is 5.26. The van der Waals surface area contributed by atoms with Crippen LogP contribution in [0.3, 0.4) is 0 Å². The largest absolute Gasteiger partial charge is 0.497 e. The number of aryl methyl sites for hydroxylation is 1. The molecule has 1 spiro atoms. The van der Waals surface area contributed by atoms with Crippen LogP contribution in [0.4, 0.5) is 5.95 Å². The van der Waals surface area contributed by atoms with Crippen LogP contribution in [0.25, 0.3) is 0 Å². The number of sulfonamides is 1. The number of ether oxygens (including phenoxy) is 1. The molecule has 0 bridgehead atoms. The van der Waals surface area contributed by atoms with E-state index >= 15 is 0 Å². The number of hydrogen-bond donors (Lipinski definition) is 1. The van der Waals surface area contributed by atoms with E-state index < -0.39 is 10.0 Å². The van der Waals surface area contributed by atoms with Crippen LogP contribution in [0.5, 0.6) is 5.75 Å². The van der Waals surface area contributed by atoms with E-state index in [1.807, 2.05) is 0 Å². The molecule has 0 saturated carbocycles. The van der Waals surface area contributed by atoms with Gasteiger partial charge in [0.2, 0.25) is 16.0 Å². The van der Waals surface area contributed by atoms with Gasteiger partial charge in [0.15, 0.2) is 0 Å². The Labute approximate surface area is 153 Å². The van der Waals surface area contributed by atoms with Gasteiger partial charge in [-0.1, -0.05) is 0 Å². The van der Waals surface area contributed by atoms with E-state index in [9.17, 15) is 8.42 Å². The molecule has 7 nitrogen and oxygen atoms in total. The van der Waals surface area contributed by atoms with Gasteiger partial charge in [-0.05, 0) is 55.5 Å². The summed E-state index contributed by atoms with van der Waals surface area (Å²) in [7, 11) is -2.00. The number of methoxy groups -OCH3 is 1. The van der Waals surface area contributed by atoms with Crippen LogP contribution in [0.1, 0.15) is 30.5 Å². The van der Waals surface area contributed by atoms with Crippen molar-refractivity contribution in [2.75, 3.05) is 25.9 Å². The lowest BCUT2D eigenvalue weighted by atomic mass is 9.78. The van der Waals surface area contributed by atoms with Crippen LogP contribution < -0.4 is 10.5 Å². The van der Waals surface area contributed by atoms with Gasteiger partial charge in [0.1, 0.15) is 5.75 Å². The van der Waals surface area contributed by atoms with Crippen molar-refractivity contribution in [3.8, 4) is 5.75 Å². The molecule has 1 aromatic heterocycles. The maximum Gasteiger partial charge on any atom is 0.243 e. The van der Waals surface area contributed by atoms with Crippen molar-refractivity contribution in [3.05, 3.63) is 41.7 Å². The number of piperidine rings is 1. The number of benzene rings is 1. The zero-order chi connectivity index (χ0) is 18.4. The highest BCUT2D eigenvalue weighted by molar-refractivity contribution is 7.89. The van der Waals surface area contributed by atoms with Crippen molar-refractivity contribution < 1.29 is 13.2 Å². The number of hydrogen-bond acceptors (Lipinski definition) is 6. The molecule has 0 amide bonds. The Morgan fingerprint density at radius 3 is 2.73 bits per heavy atom. The highest BCUT2D eigenvalue weighted by atomic mass is 32.2. The molecule has 2 aliphatic rings. The van der Waals surface area contributed by atoms with E-state index in [1.54, 1.807) is 41.9 Å². The number of nitrogens with two attached hydrogens (primary N) is 1. The van der Waals surface area contributed by atoms with Gasteiger partial charge in [0.05, 0.1) is 17.7 Å². The number of anilines is 1. The Morgan fingerprint density at radius 2 is 2.00 bits per heavy atom. The Hall–Kier alpha value is -2.19. The average molecular weight is 374 g/mol. The van der Waals surface area contributed by atoms with Crippen molar-refractivity contribution in [2.45, 2.75) is 36.0 Å². The SMILES string of the molecule is COc1ccc(S(=O)(=O)N2CCCC3(CCc4cnc(N)nc43)C2)cc1. The lowest BCUT2D eigenvalue weighted by Crippen LogP contribution is -2.47. The lowest BCUT2D eigenvalue weighted by Gasteiger charge is -2.39. The fraction of sp³-hybridized carbons (Fsp3) is 0.444. The molecule has 1 aromatic carbocycles. The van der Waals surface area contributed by atoms with E-state index in [2.05, 4.69) is 9.97 Å². The van der Waals surface area contributed by atoms with Gasteiger partial charge in [0.25, 0.3) is 0 Å². The number of aromatic nitrogens is 2. The van der Waals surface area contributed by atoms with Gasteiger partial charge < -0.3 is 10.5 Å². The van der Waals surface area contributed by atoms with Crippen molar-refractivity contribution in [3.63, 3.8) is 0 Å². The zero-order valence-electron chi connectivity index (χ0n) is 14.7. The number of nitrogens with zero attached hydrogens (tertiary/aromatic N) is 3. The van der Waals surface area contributed by atoms with E-state index in [0.29, 0.717) is 18.8 Å². The van der Waals surface area contributed by atoms with E-state index in [1.165, 1.54) is 0 Å². The molecular formula is C18H22N4O3S. The van der Waals surface area contributed by atoms with Gasteiger partial charge in [-0.3, -0.25) is 0 Å². The fourth-order valence-corrected chi connectivity index (χ4v) is 5.71. The second-order valence-electron chi connectivity index (χ2n) is 7.00. The van der Waals surface area contributed by atoms with Crippen LogP contribution >= 0.6 is 0 Å². The predicted octanol–water partition coefficient (Wildman–Crippen LogP) is 1.74. The summed E-state index contributed by atoms with van der Waals surface area (Å²) in [6.45, 7) is 0.955. The Balaban J connectivity index is 1.66. The standard InChI is InChI=1S/C18H22N4O3S/c1-25-14-3-5-15(6-4-14)26(23,24)22-10-2-8-18(12-22)9-7-13-11-20-17(19)21-16(13)18/h3-6,11H,2,7-10,12H2,1H3,(H2,19,20,21). The second kappa shape index (κ2) is 6.21. The van der Waals surface area contributed by atoms with Crippen LogP contribution in [-0.2, 0) is 21.9 Å². The number of nitrogen functional groups attached to an aromatic ring is 1. The van der Waals surface area contributed by atoms with Crippen molar-refractivity contribution in [2.24, 2.45) is 0 Å². The highest BCUT2D eigenvalue weighted by Gasteiger charge is 2.46. The lowest BCUT2D eigenvalue weighted by molar-refractivity contribution is 0.219. The molecule has 1 unspecified atom stereocenters. The summed E-state index contributed by atoms with van der Waals surface area (Å²) in [5.41, 5.74) is 7.55. The third kappa shape index (κ3) is 2.73. The summed E-state index contributed by atoms with van der Waals surface area (Å²) >= 11 is 0. The third-order valence-electron chi connectivity index (χ3n) is 5.50. The van der Waals surface area contributed by atoms with Crippen LogP contribution in [0, 0.1) is 0 Å².